The first-order valence-electron chi connectivity index (χ1n) is 8.96. The number of nitrogens with zero attached hydrogens (tertiary/aromatic N) is 3. The first-order valence-corrected chi connectivity index (χ1v) is 8.96. The summed E-state index contributed by atoms with van der Waals surface area (Å²) >= 11 is 0. The van der Waals surface area contributed by atoms with Crippen molar-refractivity contribution < 1.29 is 4.79 Å². The lowest BCUT2D eigenvalue weighted by Crippen LogP contribution is -2.41. The number of rotatable bonds is 5. The van der Waals surface area contributed by atoms with Crippen LogP contribution in [0.2, 0.25) is 0 Å². The van der Waals surface area contributed by atoms with Gasteiger partial charge in [-0.1, -0.05) is 37.3 Å². The molecule has 1 heterocycles. The fourth-order valence-electron chi connectivity index (χ4n) is 3.40. The van der Waals surface area contributed by atoms with Crippen molar-refractivity contribution in [3.8, 4) is 0 Å². The Kier molecular flexibility index (Phi) is 5.31. The molecule has 1 amide bonds. The van der Waals surface area contributed by atoms with Crippen LogP contribution in [-0.2, 0) is 17.6 Å². The number of benzene rings is 1. The molecule has 0 aliphatic heterocycles. The quantitative estimate of drug-likeness (QED) is 0.911. The van der Waals surface area contributed by atoms with Crippen LogP contribution in [0.4, 0.5) is 5.95 Å². The lowest BCUT2D eigenvalue weighted by molar-refractivity contribution is -0.123. The number of carbonyl (C=O) groups excluding carboxylic acids is 1. The largest absolute Gasteiger partial charge is 0.352 e. The number of aryl methyl sites for hydroxylation is 1. The van der Waals surface area contributed by atoms with E-state index in [9.17, 15) is 4.79 Å². The second kappa shape index (κ2) is 7.64. The van der Waals surface area contributed by atoms with Crippen molar-refractivity contribution in [2.24, 2.45) is 0 Å². The summed E-state index contributed by atoms with van der Waals surface area (Å²) in [5.74, 6) is 0.777. The van der Waals surface area contributed by atoms with Crippen LogP contribution >= 0.6 is 0 Å². The van der Waals surface area contributed by atoms with Crippen LogP contribution in [0.3, 0.4) is 0 Å². The van der Waals surface area contributed by atoms with E-state index in [1.165, 1.54) is 0 Å². The van der Waals surface area contributed by atoms with Crippen LogP contribution in [-0.4, -0.2) is 36.0 Å². The van der Waals surface area contributed by atoms with Crippen molar-refractivity contribution in [1.82, 2.24) is 15.3 Å². The van der Waals surface area contributed by atoms with Gasteiger partial charge in [0.25, 0.3) is 0 Å². The highest BCUT2D eigenvalue weighted by molar-refractivity contribution is 5.83. The molecule has 2 aromatic rings. The van der Waals surface area contributed by atoms with E-state index in [-0.39, 0.29) is 17.9 Å². The number of amides is 1. The summed E-state index contributed by atoms with van der Waals surface area (Å²) in [6.45, 7) is 2.06. The molecule has 5 nitrogen and oxygen atoms in total. The van der Waals surface area contributed by atoms with Crippen LogP contribution in [0.15, 0.2) is 36.5 Å². The molecule has 0 radical (unpaired) electrons. The Labute approximate surface area is 149 Å². The second-order valence-electron chi connectivity index (χ2n) is 6.86. The second-order valence-corrected chi connectivity index (χ2v) is 6.86. The predicted octanol–water partition coefficient (Wildman–Crippen LogP) is 2.71. The molecule has 2 atom stereocenters. The molecule has 0 bridgehead atoms. The van der Waals surface area contributed by atoms with Gasteiger partial charge in [0.15, 0.2) is 0 Å². The Bertz CT molecular complexity index is 730. The van der Waals surface area contributed by atoms with Crippen molar-refractivity contribution in [3.05, 3.63) is 53.3 Å². The van der Waals surface area contributed by atoms with Crippen molar-refractivity contribution in [2.75, 3.05) is 19.0 Å². The van der Waals surface area contributed by atoms with Crippen molar-refractivity contribution in [2.45, 2.75) is 44.6 Å². The minimum absolute atomic E-state index is 0.0880. The molecule has 1 aromatic heterocycles. The van der Waals surface area contributed by atoms with E-state index >= 15 is 0 Å². The Morgan fingerprint density at radius 3 is 2.76 bits per heavy atom. The highest BCUT2D eigenvalue weighted by Gasteiger charge is 2.25. The molecule has 0 saturated heterocycles. The number of carbonyl (C=O) groups is 1. The van der Waals surface area contributed by atoms with Gasteiger partial charge < -0.3 is 10.2 Å². The Morgan fingerprint density at radius 1 is 1.32 bits per heavy atom. The predicted molar refractivity (Wildman–Crippen MR) is 99.8 cm³/mol. The molecule has 1 aliphatic rings. The molecule has 1 N–H and O–H groups in total. The van der Waals surface area contributed by atoms with Gasteiger partial charge in [-0.05, 0) is 36.8 Å². The van der Waals surface area contributed by atoms with Crippen LogP contribution in [0.25, 0.3) is 0 Å². The van der Waals surface area contributed by atoms with Crippen LogP contribution in [0.1, 0.15) is 42.5 Å². The molecule has 5 heteroatoms. The Morgan fingerprint density at radius 2 is 2.08 bits per heavy atom. The summed E-state index contributed by atoms with van der Waals surface area (Å²) in [6.07, 6.45) is 5.32. The number of hydrogen-bond donors (Lipinski definition) is 1. The summed E-state index contributed by atoms with van der Waals surface area (Å²) in [7, 11) is 3.89. The Hall–Kier alpha value is -2.43. The zero-order valence-electron chi connectivity index (χ0n) is 15.2. The monoisotopic (exact) mass is 338 g/mol. The zero-order valence-corrected chi connectivity index (χ0v) is 15.2. The highest BCUT2D eigenvalue weighted by Crippen LogP contribution is 2.23. The molecule has 0 saturated carbocycles. The molecular formula is C20H26N4O. The SMILES string of the molecule is CCC(C(=O)NC1CCc2nc(N(C)C)ncc2C1)c1ccccc1. The molecule has 3 rings (SSSR count). The minimum atomic E-state index is -0.0880. The number of nitrogens with one attached hydrogen (secondary N) is 1. The number of aromatic nitrogens is 2. The third-order valence-electron chi connectivity index (χ3n) is 4.81. The van der Waals surface area contributed by atoms with Crippen molar-refractivity contribution in [3.63, 3.8) is 0 Å². The fraction of sp³-hybridized carbons (Fsp3) is 0.450. The third-order valence-corrected chi connectivity index (χ3v) is 4.81. The van der Waals surface area contributed by atoms with Gasteiger partial charge in [-0.3, -0.25) is 4.79 Å². The molecule has 1 aromatic carbocycles. The summed E-state index contributed by atoms with van der Waals surface area (Å²) in [5.41, 5.74) is 3.34. The van der Waals surface area contributed by atoms with Gasteiger partial charge in [-0.2, -0.15) is 0 Å². The molecule has 1 aliphatic carbocycles. The van der Waals surface area contributed by atoms with Crippen LogP contribution in [0, 0.1) is 0 Å². The van der Waals surface area contributed by atoms with E-state index in [2.05, 4.69) is 22.2 Å². The van der Waals surface area contributed by atoms with Gasteiger partial charge >= 0.3 is 0 Å². The molecule has 25 heavy (non-hydrogen) atoms. The maximum atomic E-state index is 12.7. The highest BCUT2D eigenvalue weighted by atomic mass is 16.1. The van der Waals surface area contributed by atoms with E-state index in [4.69, 9.17) is 0 Å². The molecule has 2 unspecified atom stereocenters. The molecule has 0 fully saturated rings. The lowest BCUT2D eigenvalue weighted by atomic mass is 9.91. The van der Waals surface area contributed by atoms with Crippen molar-refractivity contribution in [1.29, 1.82) is 0 Å². The summed E-state index contributed by atoms with van der Waals surface area (Å²) in [5, 5.41) is 3.24. The van der Waals surface area contributed by atoms with E-state index in [1.54, 1.807) is 0 Å². The lowest BCUT2D eigenvalue weighted by Gasteiger charge is -2.27. The number of anilines is 1. The van der Waals surface area contributed by atoms with Crippen molar-refractivity contribution >= 4 is 11.9 Å². The molecule has 0 spiro atoms. The van der Waals surface area contributed by atoms with E-state index in [1.807, 2.05) is 55.5 Å². The maximum absolute atomic E-state index is 12.7. The smallest absolute Gasteiger partial charge is 0.227 e. The average molecular weight is 338 g/mol. The summed E-state index contributed by atoms with van der Waals surface area (Å²) in [4.78, 5) is 23.7. The van der Waals surface area contributed by atoms with Crippen LogP contribution < -0.4 is 10.2 Å². The summed E-state index contributed by atoms with van der Waals surface area (Å²) < 4.78 is 0. The standard InChI is InChI=1S/C20H26N4O/c1-4-17(14-8-6-5-7-9-14)19(25)22-16-10-11-18-15(12-16)13-21-20(23-18)24(2)3/h5-9,13,16-17H,4,10-12H2,1-3H3,(H,22,25). The first kappa shape index (κ1) is 17.4. The fourth-order valence-corrected chi connectivity index (χ4v) is 3.40. The Balaban J connectivity index is 1.67. The van der Waals surface area contributed by atoms with Gasteiger partial charge in [0.2, 0.25) is 11.9 Å². The van der Waals surface area contributed by atoms with E-state index in [0.717, 1.165) is 48.5 Å². The number of hydrogen-bond acceptors (Lipinski definition) is 4. The first-order chi connectivity index (χ1) is 12.1. The average Bonchev–Trinajstić information content (AvgIpc) is 2.62. The van der Waals surface area contributed by atoms with Gasteiger partial charge in [0.05, 0.1) is 5.92 Å². The maximum Gasteiger partial charge on any atom is 0.227 e. The van der Waals surface area contributed by atoms with Gasteiger partial charge in [0.1, 0.15) is 0 Å². The number of fused-ring (bicyclic) bond motifs is 1. The van der Waals surface area contributed by atoms with Gasteiger partial charge in [-0.15, -0.1) is 0 Å². The normalized spacial score (nSPS) is 17.5. The topological polar surface area (TPSA) is 58.1 Å². The molecule has 132 valence electrons. The van der Waals surface area contributed by atoms with E-state index < -0.39 is 0 Å². The molecular weight excluding hydrogens is 312 g/mol. The van der Waals surface area contributed by atoms with E-state index in [0.29, 0.717) is 0 Å². The zero-order chi connectivity index (χ0) is 17.8. The van der Waals surface area contributed by atoms with Gasteiger partial charge in [-0.25, -0.2) is 9.97 Å². The van der Waals surface area contributed by atoms with Crippen LogP contribution in [0.5, 0.6) is 0 Å². The van der Waals surface area contributed by atoms with Gasteiger partial charge in [0, 0.05) is 32.0 Å². The minimum Gasteiger partial charge on any atom is -0.352 e. The third kappa shape index (κ3) is 3.98. The summed E-state index contributed by atoms with van der Waals surface area (Å²) in [6, 6.07) is 10.2.